The van der Waals surface area contributed by atoms with Gasteiger partial charge in [0, 0.05) is 25.1 Å². The second kappa shape index (κ2) is 10.1. The summed E-state index contributed by atoms with van der Waals surface area (Å²) in [7, 11) is 0. The number of carbonyl (C=O) groups excluding carboxylic acids is 2. The molecule has 1 atom stereocenters. The number of carboxylic acid groups (broad SMARTS) is 1. The Morgan fingerprint density at radius 2 is 1.62 bits per heavy atom. The van der Waals surface area contributed by atoms with E-state index in [9.17, 15) is 19.5 Å². The number of hydrogen-bond acceptors (Lipinski definition) is 6. The van der Waals surface area contributed by atoms with Gasteiger partial charge in [-0.15, -0.1) is 0 Å². The number of hydrogen-bond donors (Lipinski definition) is 4. The maximum absolute atomic E-state index is 12.6. The number of nitrogens with one attached hydrogen (secondary N) is 2. The molecule has 1 aliphatic carbocycles. The summed E-state index contributed by atoms with van der Waals surface area (Å²) in [6, 6.07) is 19.1. The fourth-order valence-corrected chi connectivity index (χ4v) is 3.96. The zero-order valence-electron chi connectivity index (χ0n) is 18.1. The van der Waals surface area contributed by atoms with Crippen LogP contribution in [0, 0.1) is 0 Å². The Morgan fingerprint density at radius 3 is 2.26 bits per heavy atom. The number of aromatic nitrogens is 1. The summed E-state index contributed by atoms with van der Waals surface area (Å²) >= 11 is 0. The highest BCUT2D eigenvalue weighted by Gasteiger charge is 2.29. The van der Waals surface area contributed by atoms with Gasteiger partial charge in [-0.3, -0.25) is 10.1 Å². The van der Waals surface area contributed by atoms with Gasteiger partial charge in [0.05, 0.1) is 5.69 Å². The van der Waals surface area contributed by atoms with Crippen molar-refractivity contribution in [3.63, 3.8) is 0 Å². The van der Waals surface area contributed by atoms with E-state index in [2.05, 4.69) is 15.6 Å². The first-order valence-corrected chi connectivity index (χ1v) is 10.7. The van der Waals surface area contributed by atoms with Gasteiger partial charge in [-0.1, -0.05) is 48.5 Å². The van der Waals surface area contributed by atoms with Crippen LogP contribution < -0.4 is 10.6 Å². The lowest BCUT2D eigenvalue weighted by Crippen LogP contribution is -2.31. The molecule has 0 radical (unpaired) electrons. The zero-order valence-corrected chi connectivity index (χ0v) is 18.1. The Labute approximate surface area is 195 Å². The molecule has 1 aliphatic rings. The van der Waals surface area contributed by atoms with Gasteiger partial charge in [0.25, 0.3) is 5.91 Å². The first-order valence-electron chi connectivity index (χ1n) is 10.7. The highest BCUT2D eigenvalue weighted by atomic mass is 16.5. The first kappa shape index (κ1) is 22.9. The van der Waals surface area contributed by atoms with Gasteiger partial charge in [0.1, 0.15) is 6.61 Å². The van der Waals surface area contributed by atoms with E-state index < -0.39 is 24.1 Å². The predicted molar refractivity (Wildman–Crippen MR) is 124 cm³/mol. The monoisotopic (exact) mass is 461 g/mol. The van der Waals surface area contributed by atoms with Gasteiger partial charge in [0.15, 0.2) is 11.8 Å². The first-order chi connectivity index (χ1) is 16.5. The molecule has 0 bridgehead atoms. The summed E-state index contributed by atoms with van der Waals surface area (Å²) in [6.07, 6.45) is -1.08. The molecule has 0 saturated carbocycles. The smallest absolute Gasteiger partial charge is 0.411 e. The zero-order chi connectivity index (χ0) is 24.1. The maximum atomic E-state index is 12.6. The summed E-state index contributed by atoms with van der Waals surface area (Å²) in [5.74, 6) is -2.09. The number of rotatable bonds is 8. The molecule has 0 aliphatic heterocycles. The number of aliphatic hydroxyl groups excluding tert-OH is 1. The Kier molecular flexibility index (Phi) is 6.84. The molecule has 0 unspecified atom stereocenters. The lowest BCUT2D eigenvalue weighted by Gasteiger charge is -2.15. The van der Waals surface area contributed by atoms with E-state index in [1.54, 1.807) is 6.07 Å². The predicted octanol–water partition coefficient (Wildman–Crippen LogP) is 3.01. The van der Waals surface area contributed by atoms with Crippen LogP contribution in [-0.4, -0.2) is 52.4 Å². The van der Waals surface area contributed by atoms with E-state index in [-0.39, 0.29) is 36.9 Å². The van der Waals surface area contributed by atoms with Gasteiger partial charge >= 0.3 is 12.1 Å². The SMILES string of the molecule is O=C(Nc1cccnc1C(=O)NCC[C@H](O)C(=O)O)OCC1c2ccccc2-c2ccccc21. The minimum atomic E-state index is -1.58. The van der Waals surface area contributed by atoms with Crippen LogP contribution in [0.25, 0.3) is 11.1 Å². The van der Waals surface area contributed by atoms with Gasteiger partial charge < -0.3 is 20.3 Å². The van der Waals surface area contributed by atoms with Crippen LogP contribution in [0.2, 0.25) is 0 Å². The molecular formula is C25H23N3O6. The van der Waals surface area contributed by atoms with Gasteiger partial charge in [-0.2, -0.15) is 0 Å². The topological polar surface area (TPSA) is 138 Å². The number of anilines is 1. The third-order valence-electron chi connectivity index (χ3n) is 5.59. The highest BCUT2D eigenvalue weighted by molar-refractivity contribution is 6.00. The number of aliphatic hydroxyl groups is 1. The second-order valence-corrected chi connectivity index (χ2v) is 7.75. The van der Waals surface area contributed by atoms with Crippen molar-refractivity contribution < 1.29 is 29.3 Å². The summed E-state index contributed by atoms with van der Waals surface area (Å²) < 4.78 is 5.51. The molecule has 1 aromatic heterocycles. The van der Waals surface area contributed by atoms with Crippen LogP contribution in [0.5, 0.6) is 0 Å². The molecular weight excluding hydrogens is 438 g/mol. The van der Waals surface area contributed by atoms with Crippen molar-refractivity contribution in [1.82, 2.24) is 10.3 Å². The fraction of sp³-hybridized carbons (Fsp3) is 0.200. The van der Waals surface area contributed by atoms with Crippen LogP contribution >= 0.6 is 0 Å². The number of nitrogens with zero attached hydrogens (tertiary/aromatic N) is 1. The number of carbonyl (C=O) groups is 3. The molecule has 4 N–H and O–H groups in total. The number of carboxylic acids is 1. The number of amides is 2. The average Bonchev–Trinajstić information content (AvgIpc) is 3.16. The minimum Gasteiger partial charge on any atom is -0.479 e. The molecule has 1 heterocycles. The third-order valence-corrected chi connectivity index (χ3v) is 5.59. The van der Waals surface area contributed by atoms with E-state index >= 15 is 0 Å². The largest absolute Gasteiger partial charge is 0.479 e. The van der Waals surface area contributed by atoms with E-state index in [0.717, 1.165) is 22.3 Å². The number of ether oxygens (including phenoxy) is 1. The number of fused-ring (bicyclic) bond motifs is 3. The standard InChI is InChI=1S/C25H23N3O6/c29-21(24(31)32)11-13-27-23(30)22-20(10-5-12-26-22)28-25(33)34-14-19-17-8-3-1-6-15(17)16-7-2-4-9-18(16)19/h1-10,12,19,21,29H,11,13-14H2,(H,27,30)(H,28,33)(H,31,32)/t21-/m0/s1. The van der Waals surface area contributed by atoms with E-state index in [0.29, 0.717) is 0 Å². The lowest BCUT2D eigenvalue weighted by atomic mass is 9.98. The van der Waals surface area contributed by atoms with Crippen molar-refractivity contribution in [2.75, 3.05) is 18.5 Å². The highest BCUT2D eigenvalue weighted by Crippen LogP contribution is 2.44. The van der Waals surface area contributed by atoms with Crippen molar-refractivity contribution >= 4 is 23.7 Å². The van der Waals surface area contributed by atoms with Crippen LogP contribution in [0.3, 0.4) is 0 Å². The van der Waals surface area contributed by atoms with Gasteiger partial charge in [0.2, 0.25) is 0 Å². The molecule has 9 heteroatoms. The summed E-state index contributed by atoms with van der Waals surface area (Å²) in [4.78, 5) is 39.7. The molecule has 0 fully saturated rings. The molecule has 34 heavy (non-hydrogen) atoms. The van der Waals surface area contributed by atoms with Gasteiger partial charge in [-0.25, -0.2) is 14.6 Å². The molecule has 0 spiro atoms. The number of pyridine rings is 1. The molecule has 4 rings (SSSR count). The van der Waals surface area contributed by atoms with E-state index in [1.807, 2.05) is 48.5 Å². The second-order valence-electron chi connectivity index (χ2n) is 7.75. The fourth-order valence-electron chi connectivity index (χ4n) is 3.96. The van der Waals surface area contributed by atoms with Crippen LogP contribution in [-0.2, 0) is 9.53 Å². The Balaban J connectivity index is 1.39. The summed E-state index contributed by atoms with van der Waals surface area (Å²) in [6.45, 7) is 0.0436. The summed E-state index contributed by atoms with van der Waals surface area (Å²) in [5.41, 5.74) is 4.50. The average molecular weight is 461 g/mol. The molecule has 2 amide bonds. The molecule has 3 aromatic rings. The third kappa shape index (κ3) is 4.89. The van der Waals surface area contributed by atoms with Crippen molar-refractivity contribution in [2.45, 2.75) is 18.4 Å². The molecule has 174 valence electrons. The van der Waals surface area contributed by atoms with Crippen molar-refractivity contribution in [2.24, 2.45) is 0 Å². The van der Waals surface area contributed by atoms with Crippen LogP contribution in [0.1, 0.15) is 34.0 Å². The van der Waals surface area contributed by atoms with E-state index in [4.69, 9.17) is 9.84 Å². The van der Waals surface area contributed by atoms with Gasteiger partial charge in [-0.05, 0) is 34.4 Å². The number of benzene rings is 2. The molecule has 2 aromatic carbocycles. The maximum Gasteiger partial charge on any atom is 0.411 e. The quantitative estimate of drug-likeness (QED) is 0.405. The van der Waals surface area contributed by atoms with Crippen molar-refractivity contribution in [1.29, 1.82) is 0 Å². The molecule has 0 saturated heterocycles. The normalized spacial score (nSPS) is 12.9. The summed E-state index contributed by atoms with van der Waals surface area (Å²) in [5, 5.41) is 23.1. The number of aliphatic carboxylic acids is 1. The van der Waals surface area contributed by atoms with Crippen LogP contribution in [0.4, 0.5) is 10.5 Å². The van der Waals surface area contributed by atoms with Crippen molar-refractivity contribution in [3.05, 3.63) is 83.7 Å². The minimum absolute atomic E-state index is 0.0548. The van der Waals surface area contributed by atoms with E-state index in [1.165, 1.54) is 12.3 Å². The van der Waals surface area contributed by atoms with Crippen LogP contribution in [0.15, 0.2) is 66.9 Å². The Hall–Kier alpha value is -4.24. The Morgan fingerprint density at radius 1 is 0.971 bits per heavy atom. The Bertz CT molecular complexity index is 1180. The lowest BCUT2D eigenvalue weighted by molar-refractivity contribution is -0.146. The van der Waals surface area contributed by atoms with Crippen molar-refractivity contribution in [3.8, 4) is 11.1 Å². The molecule has 9 nitrogen and oxygen atoms in total.